The molecule has 0 radical (unpaired) electrons. The van der Waals surface area contributed by atoms with Crippen molar-refractivity contribution in [3.63, 3.8) is 0 Å². The van der Waals surface area contributed by atoms with E-state index >= 15 is 0 Å². The minimum Gasteiger partial charge on any atom is -0.135 e. The smallest absolute Gasteiger partial charge is 0.0433 e. The number of fused-ring (bicyclic) bond motifs is 5. The third kappa shape index (κ3) is 4.36. The maximum Gasteiger partial charge on any atom is 0.0433 e. The Balaban J connectivity index is 1.09. The minimum atomic E-state index is 1.23. The van der Waals surface area contributed by atoms with Crippen LogP contribution in [0.25, 0.3) is 86.2 Å². The Morgan fingerprint density at radius 2 is 0.689 bits per heavy atom. The third-order valence-electron chi connectivity index (χ3n) is 9.13. The Morgan fingerprint density at radius 1 is 0.267 bits per heavy atom. The van der Waals surface area contributed by atoms with Crippen LogP contribution in [-0.2, 0) is 0 Å². The lowest BCUT2D eigenvalue weighted by molar-refractivity contribution is 1.61. The van der Waals surface area contributed by atoms with Crippen molar-refractivity contribution >= 4 is 53.1 Å². The lowest BCUT2D eigenvalue weighted by Gasteiger charge is -2.14. The fourth-order valence-electron chi connectivity index (χ4n) is 6.91. The van der Waals surface area contributed by atoms with Gasteiger partial charge in [-0.1, -0.05) is 164 Å². The number of hydrogen-bond donors (Lipinski definition) is 0. The fourth-order valence-corrected chi connectivity index (χ4v) is 8.15. The van der Waals surface area contributed by atoms with Gasteiger partial charge in [0.1, 0.15) is 0 Å². The summed E-state index contributed by atoms with van der Waals surface area (Å²) < 4.78 is 2.69. The first-order chi connectivity index (χ1) is 22.3. The summed E-state index contributed by atoms with van der Waals surface area (Å²) in [5.41, 5.74) is 10.0. The summed E-state index contributed by atoms with van der Waals surface area (Å²) >= 11 is 1.88. The third-order valence-corrected chi connectivity index (χ3v) is 10.4. The number of benzene rings is 8. The van der Waals surface area contributed by atoms with E-state index < -0.39 is 0 Å². The molecule has 0 spiro atoms. The van der Waals surface area contributed by atoms with Gasteiger partial charge in [-0.25, -0.2) is 0 Å². The first-order valence-electron chi connectivity index (χ1n) is 15.4. The lowest BCUT2D eigenvalue weighted by atomic mass is 9.90. The van der Waals surface area contributed by atoms with E-state index in [-0.39, 0.29) is 0 Å². The number of rotatable bonds is 4. The van der Waals surface area contributed by atoms with Crippen LogP contribution in [0.1, 0.15) is 0 Å². The van der Waals surface area contributed by atoms with Gasteiger partial charge in [-0.3, -0.25) is 0 Å². The van der Waals surface area contributed by atoms with Crippen molar-refractivity contribution in [1.82, 2.24) is 0 Å². The Hall–Kier alpha value is -5.50. The molecule has 0 bridgehead atoms. The van der Waals surface area contributed by atoms with E-state index in [1.54, 1.807) is 0 Å². The maximum atomic E-state index is 2.29. The Morgan fingerprint density at radius 3 is 1.33 bits per heavy atom. The molecule has 1 heterocycles. The van der Waals surface area contributed by atoms with Crippen molar-refractivity contribution in [1.29, 1.82) is 0 Å². The standard InChI is InChI=1S/C44H28S/c1-2-11-34-29(9-1)10-7-15-35(34)30-19-21-31(22-20-30)36-27-28-37(40-13-4-3-12-39(36)40)32-23-25-33(26-24-32)38-16-8-17-42-41-14-5-6-18-43(41)45-44(38)42/h1-28H. The van der Waals surface area contributed by atoms with Crippen LogP contribution in [0.5, 0.6) is 0 Å². The first-order valence-corrected chi connectivity index (χ1v) is 16.2. The van der Waals surface area contributed by atoms with Gasteiger partial charge < -0.3 is 0 Å². The molecule has 0 aliphatic carbocycles. The maximum absolute atomic E-state index is 2.29. The molecule has 45 heavy (non-hydrogen) atoms. The van der Waals surface area contributed by atoms with Gasteiger partial charge in [0, 0.05) is 20.2 Å². The molecule has 0 N–H and O–H groups in total. The minimum absolute atomic E-state index is 1.23. The summed E-state index contributed by atoms with van der Waals surface area (Å²) in [6.45, 7) is 0. The van der Waals surface area contributed by atoms with E-state index in [0.29, 0.717) is 0 Å². The normalized spacial score (nSPS) is 11.6. The van der Waals surface area contributed by atoms with Crippen molar-refractivity contribution in [3.8, 4) is 44.5 Å². The van der Waals surface area contributed by atoms with Gasteiger partial charge in [0.2, 0.25) is 0 Å². The highest BCUT2D eigenvalue weighted by Crippen LogP contribution is 2.41. The van der Waals surface area contributed by atoms with Crippen LogP contribution in [0.15, 0.2) is 170 Å². The van der Waals surface area contributed by atoms with Crippen LogP contribution in [0.4, 0.5) is 0 Å². The van der Waals surface area contributed by atoms with Gasteiger partial charge in [0.15, 0.2) is 0 Å². The zero-order valence-corrected chi connectivity index (χ0v) is 25.4. The highest BCUT2D eigenvalue weighted by atomic mass is 32.1. The molecule has 210 valence electrons. The van der Waals surface area contributed by atoms with E-state index in [4.69, 9.17) is 0 Å². The van der Waals surface area contributed by atoms with Crippen LogP contribution in [0.2, 0.25) is 0 Å². The van der Waals surface area contributed by atoms with Crippen LogP contribution in [-0.4, -0.2) is 0 Å². The van der Waals surface area contributed by atoms with E-state index in [9.17, 15) is 0 Å². The molecule has 0 saturated heterocycles. The highest BCUT2D eigenvalue weighted by Gasteiger charge is 2.13. The molecule has 0 fully saturated rings. The summed E-state index contributed by atoms with van der Waals surface area (Å²) in [4.78, 5) is 0. The molecule has 9 aromatic rings. The average Bonchev–Trinajstić information content (AvgIpc) is 3.50. The zero-order valence-electron chi connectivity index (χ0n) is 24.6. The summed E-state index contributed by atoms with van der Waals surface area (Å²) in [5, 5.41) is 7.77. The quantitative estimate of drug-likeness (QED) is 0.192. The second kappa shape index (κ2) is 10.6. The first kappa shape index (κ1) is 25.9. The van der Waals surface area contributed by atoms with Crippen molar-refractivity contribution in [2.24, 2.45) is 0 Å². The van der Waals surface area contributed by atoms with Crippen molar-refractivity contribution in [3.05, 3.63) is 170 Å². The monoisotopic (exact) mass is 588 g/mol. The summed E-state index contributed by atoms with van der Waals surface area (Å²) in [5.74, 6) is 0. The molecule has 8 aromatic carbocycles. The zero-order chi connectivity index (χ0) is 29.7. The molecule has 0 aliphatic heterocycles. The largest absolute Gasteiger partial charge is 0.135 e. The molecule has 1 aromatic heterocycles. The molecule has 0 atom stereocenters. The average molecular weight is 589 g/mol. The van der Waals surface area contributed by atoms with Gasteiger partial charge >= 0.3 is 0 Å². The second-order valence-corrected chi connectivity index (χ2v) is 12.7. The topological polar surface area (TPSA) is 0 Å². The van der Waals surface area contributed by atoms with Gasteiger partial charge in [0.05, 0.1) is 0 Å². The van der Waals surface area contributed by atoms with E-state index in [1.165, 1.54) is 86.2 Å². The second-order valence-electron chi connectivity index (χ2n) is 11.7. The summed E-state index contributed by atoms with van der Waals surface area (Å²) in [6, 6.07) is 62.1. The van der Waals surface area contributed by atoms with Crippen molar-refractivity contribution in [2.45, 2.75) is 0 Å². The SMILES string of the molecule is c1ccc2c(-c3ccc(-c4ccc(-c5ccc(-c6cccc7c6sc6ccccc67)cc5)c5ccccc45)cc3)cccc2c1. The molecule has 0 amide bonds. The van der Waals surface area contributed by atoms with E-state index in [2.05, 4.69) is 170 Å². The van der Waals surface area contributed by atoms with Gasteiger partial charge in [0.25, 0.3) is 0 Å². The fraction of sp³-hybridized carbons (Fsp3) is 0. The van der Waals surface area contributed by atoms with Gasteiger partial charge in [-0.15, -0.1) is 11.3 Å². The molecule has 9 rings (SSSR count). The molecule has 0 aliphatic rings. The molecule has 1 heteroatoms. The van der Waals surface area contributed by atoms with Crippen LogP contribution >= 0.6 is 11.3 Å². The predicted octanol–water partition coefficient (Wildman–Crippen LogP) is 13.0. The molecule has 0 saturated carbocycles. The predicted molar refractivity (Wildman–Crippen MR) is 196 cm³/mol. The Bertz CT molecular complexity index is 2510. The summed E-state index contributed by atoms with van der Waals surface area (Å²) in [7, 11) is 0. The van der Waals surface area contributed by atoms with Gasteiger partial charge in [-0.2, -0.15) is 0 Å². The molecule has 0 unspecified atom stereocenters. The van der Waals surface area contributed by atoms with Gasteiger partial charge in [-0.05, 0) is 72.1 Å². The Labute approximate surface area is 266 Å². The van der Waals surface area contributed by atoms with E-state index in [1.807, 2.05) is 11.3 Å². The van der Waals surface area contributed by atoms with Crippen molar-refractivity contribution < 1.29 is 0 Å². The van der Waals surface area contributed by atoms with E-state index in [0.717, 1.165) is 0 Å². The lowest BCUT2D eigenvalue weighted by Crippen LogP contribution is -1.87. The number of thiophene rings is 1. The van der Waals surface area contributed by atoms with Crippen molar-refractivity contribution in [2.75, 3.05) is 0 Å². The molecular weight excluding hydrogens is 561 g/mol. The van der Waals surface area contributed by atoms with Crippen LogP contribution in [0.3, 0.4) is 0 Å². The highest BCUT2D eigenvalue weighted by molar-refractivity contribution is 7.26. The summed E-state index contributed by atoms with van der Waals surface area (Å²) in [6.07, 6.45) is 0. The van der Waals surface area contributed by atoms with Crippen LogP contribution in [0, 0.1) is 0 Å². The Kier molecular flexibility index (Phi) is 6.11. The molecular formula is C44H28S. The number of hydrogen-bond acceptors (Lipinski definition) is 1. The molecule has 0 nitrogen and oxygen atoms in total. The van der Waals surface area contributed by atoms with Crippen LogP contribution < -0.4 is 0 Å².